The van der Waals surface area contributed by atoms with Gasteiger partial charge in [0.25, 0.3) is 0 Å². The summed E-state index contributed by atoms with van der Waals surface area (Å²) < 4.78 is 0. The molecule has 3 N–H and O–H groups in total. The van der Waals surface area contributed by atoms with Crippen LogP contribution in [0.4, 0.5) is 0 Å². The Bertz CT molecular complexity index is 225. The van der Waals surface area contributed by atoms with E-state index in [0.717, 1.165) is 12.8 Å². The van der Waals surface area contributed by atoms with Gasteiger partial charge < -0.3 is 10.7 Å². The first kappa shape index (κ1) is 8.08. The van der Waals surface area contributed by atoms with Gasteiger partial charge in [-0.15, -0.1) is 6.58 Å². The second-order valence-corrected chi connectivity index (χ2v) is 2.51. The second kappa shape index (κ2) is 3.98. The van der Waals surface area contributed by atoms with E-state index >= 15 is 0 Å². The van der Waals surface area contributed by atoms with Crippen molar-refractivity contribution >= 4 is 0 Å². The average molecular weight is 150 g/mol. The molecule has 60 valence electrons. The quantitative estimate of drug-likeness (QED) is 0.623. The minimum Gasteiger partial charge on any atom is -0.365 e. The van der Waals surface area contributed by atoms with Gasteiger partial charge in [0.15, 0.2) is 0 Å². The minimum atomic E-state index is 0.699. The van der Waals surface area contributed by atoms with Gasteiger partial charge in [-0.3, -0.25) is 0 Å². The van der Waals surface area contributed by atoms with E-state index in [-0.39, 0.29) is 0 Å². The average Bonchev–Trinajstić information content (AvgIpc) is 2.39. The van der Waals surface area contributed by atoms with Crippen LogP contribution in [-0.4, -0.2) is 11.5 Å². The standard InChI is InChI=1S/C9H14N2/c1-2-3-8-5-7-11-9(8)4-6-10/h2,5,7,11H,1,3-4,6,10H2. The molecule has 0 saturated heterocycles. The van der Waals surface area contributed by atoms with Gasteiger partial charge in [0.05, 0.1) is 0 Å². The molecule has 0 aliphatic carbocycles. The van der Waals surface area contributed by atoms with E-state index in [0.29, 0.717) is 6.54 Å². The molecule has 0 bridgehead atoms. The fourth-order valence-corrected chi connectivity index (χ4v) is 1.16. The van der Waals surface area contributed by atoms with Gasteiger partial charge in [-0.1, -0.05) is 6.08 Å². The second-order valence-electron chi connectivity index (χ2n) is 2.51. The lowest BCUT2D eigenvalue weighted by atomic mass is 10.1. The summed E-state index contributed by atoms with van der Waals surface area (Å²) in [7, 11) is 0. The zero-order valence-electron chi connectivity index (χ0n) is 6.64. The molecule has 2 heteroatoms. The van der Waals surface area contributed by atoms with E-state index < -0.39 is 0 Å². The van der Waals surface area contributed by atoms with Crippen LogP contribution in [0.2, 0.25) is 0 Å². The Balaban J connectivity index is 2.69. The van der Waals surface area contributed by atoms with Gasteiger partial charge in [-0.25, -0.2) is 0 Å². The molecule has 0 amide bonds. The third-order valence-electron chi connectivity index (χ3n) is 1.69. The molecule has 0 unspecified atom stereocenters. The van der Waals surface area contributed by atoms with Crippen molar-refractivity contribution < 1.29 is 0 Å². The highest BCUT2D eigenvalue weighted by atomic mass is 14.7. The molecule has 0 aromatic carbocycles. The van der Waals surface area contributed by atoms with Crippen molar-refractivity contribution in [3.8, 4) is 0 Å². The SMILES string of the molecule is C=CCc1cc[nH]c1CCN. The molecule has 2 nitrogen and oxygen atoms in total. The summed E-state index contributed by atoms with van der Waals surface area (Å²) in [5.41, 5.74) is 7.99. The van der Waals surface area contributed by atoms with Crippen molar-refractivity contribution in [2.45, 2.75) is 12.8 Å². The highest BCUT2D eigenvalue weighted by molar-refractivity contribution is 5.22. The predicted molar refractivity (Wildman–Crippen MR) is 47.5 cm³/mol. The van der Waals surface area contributed by atoms with Crippen molar-refractivity contribution in [1.29, 1.82) is 0 Å². The lowest BCUT2D eigenvalue weighted by Gasteiger charge is -1.97. The lowest BCUT2D eigenvalue weighted by molar-refractivity contribution is 0.919. The highest BCUT2D eigenvalue weighted by Crippen LogP contribution is 2.07. The topological polar surface area (TPSA) is 41.8 Å². The molecular weight excluding hydrogens is 136 g/mol. The molecule has 0 spiro atoms. The Hall–Kier alpha value is -1.02. The smallest absolute Gasteiger partial charge is 0.0195 e. The maximum atomic E-state index is 5.44. The van der Waals surface area contributed by atoms with Gasteiger partial charge in [0.1, 0.15) is 0 Å². The first-order valence-corrected chi connectivity index (χ1v) is 3.84. The molecule has 1 heterocycles. The van der Waals surface area contributed by atoms with Crippen molar-refractivity contribution in [3.05, 3.63) is 36.2 Å². The van der Waals surface area contributed by atoms with Crippen molar-refractivity contribution in [3.63, 3.8) is 0 Å². The number of hydrogen-bond acceptors (Lipinski definition) is 1. The zero-order chi connectivity index (χ0) is 8.10. The van der Waals surface area contributed by atoms with E-state index in [9.17, 15) is 0 Å². The van der Waals surface area contributed by atoms with Gasteiger partial charge in [-0.2, -0.15) is 0 Å². The molecule has 0 radical (unpaired) electrons. The zero-order valence-corrected chi connectivity index (χ0v) is 6.64. The summed E-state index contributed by atoms with van der Waals surface area (Å²) in [6.45, 7) is 4.39. The summed E-state index contributed by atoms with van der Waals surface area (Å²) in [6.07, 6.45) is 5.71. The van der Waals surface area contributed by atoms with Gasteiger partial charge in [0.2, 0.25) is 0 Å². The first-order valence-electron chi connectivity index (χ1n) is 3.84. The predicted octanol–water partition coefficient (Wildman–Crippen LogP) is 1.24. The number of hydrogen-bond donors (Lipinski definition) is 2. The number of allylic oxidation sites excluding steroid dienone is 1. The minimum absolute atomic E-state index is 0.699. The molecule has 0 fully saturated rings. The van der Waals surface area contributed by atoms with E-state index in [1.54, 1.807) is 0 Å². The van der Waals surface area contributed by atoms with Crippen LogP contribution >= 0.6 is 0 Å². The number of aromatic amines is 1. The van der Waals surface area contributed by atoms with Crippen LogP contribution in [0.15, 0.2) is 24.9 Å². The molecule has 0 aliphatic rings. The summed E-state index contributed by atoms with van der Waals surface area (Å²) in [5.74, 6) is 0. The monoisotopic (exact) mass is 150 g/mol. The van der Waals surface area contributed by atoms with Crippen molar-refractivity contribution in [2.75, 3.05) is 6.54 Å². The molecule has 0 atom stereocenters. The molecule has 1 aromatic rings. The molecule has 1 rings (SSSR count). The third kappa shape index (κ3) is 1.95. The highest BCUT2D eigenvalue weighted by Gasteiger charge is 1.99. The van der Waals surface area contributed by atoms with Crippen LogP contribution < -0.4 is 5.73 Å². The maximum absolute atomic E-state index is 5.44. The first-order chi connectivity index (χ1) is 5.38. The lowest BCUT2D eigenvalue weighted by Crippen LogP contribution is -2.04. The van der Waals surface area contributed by atoms with Crippen molar-refractivity contribution in [1.82, 2.24) is 4.98 Å². The van der Waals surface area contributed by atoms with Crippen LogP contribution in [0.25, 0.3) is 0 Å². The Labute approximate surface area is 67.1 Å². The number of nitrogens with two attached hydrogens (primary N) is 1. The molecule has 1 aromatic heterocycles. The van der Waals surface area contributed by atoms with Gasteiger partial charge in [0, 0.05) is 11.9 Å². The van der Waals surface area contributed by atoms with Crippen molar-refractivity contribution in [2.24, 2.45) is 5.73 Å². The van der Waals surface area contributed by atoms with Gasteiger partial charge >= 0.3 is 0 Å². The maximum Gasteiger partial charge on any atom is 0.0195 e. The fraction of sp³-hybridized carbons (Fsp3) is 0.333. The summed E-state index contributed by atoms with van der Waals surface area (Å²) >= 11 is 0. The van der Waals surface area contributed by atoms with E-state index in [4.69, 9.17) is 5.73 Å². The fourth-order valence-electron chi connectivity index (χ4n) is 1.16. The summed E-state index contributed by atoms with van der Waals surface area (Å²) in [4.78, 5) is 3.16. The van der Waals surface area contributed by atoms with Crippen LogP contribution in [0.5, 0.6) is 0 Å². The number of rotatable bonds is 4. The number of H-pyrrole nitrogens is 1. The molecule has 0 saturated carbocycles. The Morgan fingerprint density at radius 3 is 3.09 bits per heavy atom. The molecule has 0 aliphatic heterocycles. The van der Waals surface area contributed by atoms with E-state index in [1.165, 1.54) is 11.3 Å². The number of nitrogens with one attached hydrogen (secondary N) is 1. The third-order valence-corrected chi connectivity index (χ3v) is 1.69. The summed E-state index contributed by atoms with van der Waals surface area (Å²) in [6, 6.07) is 2.08. The number of aromatic nitrogens is 1. The van der Waals surface area contributed by atoms with Crippen LogP contribution in [0.1, 0.15) is 11.3 Å². The largest absolute Gasteiger partial charge is 0.365 e. The Kier molecular flexibility index (Phi) is 2.93. The normalized spacial score (nSPS) is 9.91. The Morgan fingerprint density at radius 1 is 1.64 bits per heavy atom. The van der Waals surface area contributed by atoms with E-state index in [2.05, 4.69) is 17.6 Å². The molecular formula is C9H14N2. The van der Waals surface area contributed by atoms with Gasteiger partial charge in [-0.05, 0) is 31.0 Å². The van der Waals surface area contributed by atoms with Crippen LogP contribution in [-0.2, 0) is 12.8 Å². The summed E-state index contributed by atoms with van der Waals surface area (Å²) in [5, 5.41) is 0. The van der Waals surface area contributed by atoms with Crippen LogP contribution in [0.3, 0.4) is 0 Å². The Morgan fingerprint density at radius 2 is 2.45 bits per heavy atom. The van der Waals surface area contributed by atoms with E-state index in [1.807, 2.05) is 12.3 Å². The molecule has 11 heavy (non-hydrogen) atoms. The van der Waals surface area contributed by atoms with Crippen LogP contribution in [0, 0.1) is 0 Å².